The average molecular weight is 651 g/mol. The van der Waals surface area contributed by atoms with E-state index in [4.69, 9.17) is 27.9 Å². The number of ether oxygens (including phenoxy) is 1. The average Bonchev–Trinajstić information content (AvgIpc) is 2.69. The van der Waals surface area contributed by atoms with Gasteiger partial charge in [-0.25, -0.2) is 5.43 Å². The second kappa shape index (κ2) is 10.6. The number of benzene rings is 3. The van der Waals surface area contributed by atoms with Gasteiger partial charge in [-0.1, -0.05) is 41.4 Å². The van der Waals surface area contributed by atoms with E-state index < -0.39 is 0 Å². The van der Waals surface area contributed by atoms with Crippen molar-refractivity contribution in [3.8, 4) is 5.75 Å². The van der Waals surface area contributed by atoms with Crippen molar-refractivity contribution in [3.63, 3.8) is 0 Å². The summed E-state index contributed by atoms with van der Waals surface area (Å²) in [4.78, 5) is 12.1. The summed E-state index contributed by atoms with van der Waals surface area (Å²) in [6.07, 6.45) is 1.59. The molecular formula is C21H14Cl2I2N2O2. The van der Waals surface area contributed by atoms with E-state index in [1.165, 1.54) is 0 Å². The van der Waals surface area contributed by atoms with Crippen LogP contribution in [0.25, 0.3) is 0 Å². The van der Waals surface area contributed by atoms with E-state index in [9.17, 15) is 4.79 Å². The van der Waals surface area contributed by atoms with Gasteiger partial charge in [0.25, 0.3) is 5.91 Å². The van der Waals surface area contributed by atoms with Crippen LogP contribution in [0.2, 0.25) is 10.0 Å². The van der Waals surface area contributed by atoms with Gasteiger partial charge in [0, 0.05) is 21.2 Å². The van der Waals surface area contributed by atoms with Crippen molar-refractivity contribution < 1.29 is 9.53 Å². The molecule has 29 heavy (non-hydrogen) atoms. The first kappa shape index (κ1) is 22.3. The minimum absolute atomic E-state index is 0.304. The minimum Gasteiger partial charge on any atom is -0.487 e. The van der Waals surface area contributed by atoms with Gasteiger partial charge in [0.1, 0.15) is 12.4 Å². The second-order valence-electron chi connectivity index (χ2n) is 5.90. The zero-order valence-corrected chi connectivity index (χ0v) is 20.7. The molecule has 0 saturated carbocycles. The topological polar surface area (TPSA) is 50.7 Å². The standard InChI is InChI=1S/C21H14Cl2I2N2O2/c22-16-7-5-14(6-8-16)21(28)27-26-11-13-9-18(24)20(19(25)10-13)29-12-15-3-1-2-4-17(15)23/h1-11H,12H2,(H,27,28)/b26-11-. The molecule has 148 valence electrons. The predicted octanol–water partition coefficient (Wildman–Crippen LogP) is 6.55. The Morgan fingerprint density at radius 2 is 1.69 bits per heavy atom. The van der Waals surface area contributed by atoms with Crippen LogP contribution in [0, 0.1) is 7.14 Å². The number of halogens is 4. The molecule has 0 saturated heterocycles. The summed E-state index contributed by atoms with van der Waals surface area (Å²) >= 11 is 16.4. The number of hydrazone groups is 1. The molecule has 0 aromatic heterocycles. The van der Waals surface area contributed by atoms with Crippen LogP contribution in [0.15, 0.2) is 65.8 Å². The molecule has 0 aliphatic rings. The molecule has 1 amide bonds. The van der Waals surface area contributed by atoms with E-state index >= 15 is 0 Å². The number of amides is 1. The number of rotatable bonds is 6. The third kappa shape index (κ3) is 6.31. The second-order valence-corrected chi connectivity index (χ2v) is 9.07. The molecule has 0 fully saturated rings. The summed E-state index contributed by atoms with van der Waals surface area (Å²) in [7, 11) is 0. The van der Waals surface area contributed by atoms with Gasteiger partial charge in [-0.3, -0.25) is 4.79 Å². The zero-order chi connectivity index (χ0) is 20.8. The number of hydrogen-bond acceptors (Lipinski definition) is 3. The van der Waals surface area contributed by atoms with Crippen LogP contribution in [-0.2, 0) is 6.61 Å². The van der Waals surface area contributed by atoms with Crippen LogP contribution >= 0.6 is 68.4 Å². The van der Waals surface area contributed by atoms with Gasteiger partial charge in [0.05, 0.1) is 13.4 Å². The van der Waals surface area contributed by atoms with Crippen molar-refractivity contribution >= 4 is 80.5 Å². The Kier molecular flexibility index (Phi) is 8.16. The first-order chi connectivity index (χ1) is 13.9. The van der Waals surface area contributed by atoms with E-state index in [1.807, 2.05) is 36.4 Å². The van der Waals surface area contributed by atoms with Crippen molar-refractivity contribution in [2.75, 3.05) is 0 Å². The van der Waals surface area contributed by atoms with Crippen LogP contribution in [0.5, 0.6) is 5.75 Å². The molecule has 3 aromatic carbocycles. The first-order valence-corrected chi connectivity index (χ1v) is 11.3. The molecule has 0 unspecified atom stereocenters. The van der Waals surface area contributed by atoms with Gasteiger partial charge in [0.2, 0.25) is 0 Å². The summed E-state index contributed by atoms with van der Waals surface area (Å²) < 4.78 is 7.85. The largest absolute Gasteiger partial charge is 0.487 e. The number of hydrogen-bond donors (Lipinski definition) is 1. The SMILES string of the molecule is O=C(N/N=C\c1cc(I)c(OCc2ccccc2Cl)c(I)c1)c1ccc(Cl)cc1. The molecule has 4 nitrogen and oxygen atoms in total. The number of nitrogens with zero attached hydrogens (tertiary/aromatic N) is 1. The van der Waals surface area contributed by atoms with Gasteiger partial charge >= 0.3 is 0 Å². The molecule has 0 bridgehead atoms. The van der Waals surface area contributed by atoms with Gasteiger partial charge in [-0.15, -0.1) is 0 Å². The fourth-order valence-corrected chi connectivity index (χ4v) is 4.83. The lowest BCUT2D eigenvalue weighted by molar-refractivity contribution is 0.0955. The van der Waals surface area contributed by atoms with Crippen molar-refractivity contribution in [3.05, 3.63) is 94.5 Å². The smallest absolute Gasteiger partial charge is 0.271 e. The molecule has 0 spiro atoms. The quantitative estimate of drug-likeness (QED) is 0.187. The first-order valence-electron chi connectivity index (χ1n) is 8.38. The van der Waals surface area contributed by atoms with Crippen molar-refractivity contribution in [2.45, 2.75) is 6.61 Å². The maximum Gasteiger partial charge on any atom is 0.271 e. The van der Waals surface area contributed by atoms with Gasteiger partial charge in [0.15, 0.2) is 0 Å². The predicted molar refractivity (Wildman–Crippen MR) is 134 cm³/mol. The minimum atomic E-state index is -0.304. The van der Waals surface area contributed by atoms with E-state index in [2.05, 4.69) is 55.7 Å². The van der Waals surface area contributed by atoms with E-state index in [-0.39, 0.29) is 5.91 Å². The molecule has 3 rings (SSSR count). The Labute approximate surface area is 205 Å². The van der Waals surface area contributed by atoms with Crippen LogP contribution in [0.3, 0.4) is 0 Å². The molecule has 3 aromatic rings. The molecule has 1 N–H and O–H groups in total. The Bertz CT molecular complexity index is 1030. The van der Waals surface area contributed by atoms with Crippen molar-refractivity contribution in [1.82, 2.24) is 5.43 Å². The summed E-state index contributed by atoms with van der Waals surface area (Å²) in [6.45, 7) is 0.385. The highest BCUT2D eigenvalue weighted by Crippen LogP contribution is 2.30. The van der Waals surface area contributed by atoms with Crippen molar-refractivity contribution in [1.29, 1.82) is 0 Å². The van der Waals surface area contributed by atoms with Crippen LogP contribution in [-0.4, -0.2) is 12.1 Å². The molecule has 0 heterocycles. The Balaban J connectivity index is 1.65. The lowest BCUT2D eigenvalue weighted by atomic mass is 10.2. The summed E-state index contributed by atoms with van der Waals surface area (Å²) in [5.74, 6) is 0.482. The molecule has 0 atom stereocenters. The third-order valence-corrected chi connectivity index (χ3v) is 6.06. The van der Waals surface area contributed by atoms with Gasteiger partial charge in [-0.2, -0.15) is 5.10 Å². The number of nitrogens with one attached hydrogen (secondary N) is 1. The summed E-state index contributed by atoms with van der Waals surface area (Å²) in [5, 5.41) is 5.29. The normalized spacial score (nSPS) is 10.9. The number of carbonyl (C=O) groups excluding carboxylic acids is 1. The van der Waals surface area contributed by atoms with E-state index in [1.54, 1.807) is 30.5 Å². The Morgan fingerprint density at radius 1 is 1.03 bits per heavy atom. The fraction of sp³-hybridized carbons (Fsp3) is 0.0476. The highest BCUT2D eigenvalue weighted by atomic mass is 127. The summed E-state index contributed by atoms with van der Waals surface area (Å²) in [6, 6.07) is 18.1. The molecule has 8 heteroatoms. The summed E-state index contributed by atoms with van der Waals surface area (Å²) in [5.41, 5.74) is 4.77. The van der Waals surface area contributed by atoms with Gasteiger partial charge in [-0.05, 0) is 93.2 Å². The van der Waals surface area contributed by atoms with Crippen LogP contribution < -0.4 is 10.2 Å². The zero-order valence-electron chi connectivity index (χ0n) is 14.8. The van der Waals surface area contributed by atoms with E-state index in [0.717, 1.165) is 24.0 Å². The lowest BCUT2D eigenvalue weighted by Crippen LogP contribution is -2.17. The highest BCUT2D eigenvalue weighted by Gasteiger charge is 2.10. The van der Waals surface area contributed by atoms with Gasteiger partial charge < -0.3 is 4.74 Å². The molecule has 0 aliphatic heterocycles. The maximum absolute atomic E-state index is 12.1. The Hall–Kier alpha value is -1.36. The third-order valence-electron chi connectivity index (χ3n) is 3.84. The number of carbonyl (C=O) groups is 1. The molecular weight excluding hydrogens is 637 g/mol. The fourth-order valence-electron chi connectivity index (χ4n) is 2.39. The monoisotopic (exact) mass is 650 g/mol. The van der Waals surface area contributed by atoms with Crippen molar-refractivity contribution in [2.24, 2.45) is 5.10 Å². The maximum atomic E-state index is 12.1. The highest BCUT2D eigenvalue weighted by molar-refractivity contribution is 14.1. The Morgan fingerprint density at radius 3 is 2.34 bits per heavy atom. The van der Waals surface area contributed by atoms with Crippen LogP contribution in [0.4, 0.5) is 0 Å². The lowest BCUT2D eigenvalue weighted by Gasteiger charge is -2.12. The van der Waals surface area contributed by atoms with E-state index in [0.29, 0.717) is 22.2 Å². The molecule has 0 aliphatic carbocycles. The molecule has 0 radical (unpaired) electrons. The van der Waals surface area contributed by atoms with Crippen LogP contribution in [0.1, 0.15) is 21.5 Å².